The molecule has 33 heavy (non-hydrogen) atoms. The normalized spacial score (nSPS) is 27.0. The van der Waals surface area contributed by atoms with E-state index in [1.807, 2.05) is 43.3 Å². The molecule has 3 heterocycles. The van der Waals surface area contributed by atoms with Gasteiger partial charge in [0.1, 0.15) is 5.82 Å². The Morgan fingerprint density at radius 1 is 1.15 bits per heavy atom. The second kappa shape index (κ2) is 10.2. The van der Waals surface area contributed by atoms with Crippen LogP contribution in [0.2, 0.25) is 0 Å². The van der Waals surface area contributed by atoms with Crippen LogP contribution < -0.4 is 10.6 Å². The van der Waals surface area contributed by atoms with Crippen LogP contribution in [0.15, 0.2) is 36.4 Å². The number of nitrogens with zero attached hydrogens (tertiary/aromatic N) is 3. The van der Waals surface area contributed by atoms with Crippen molar-refractivity contribution in [1.82, 2.24) is 15.1 Å². The molecule has 7 heteroatoms. The van der Waals surface area contributed by atoms with Gasteiger partial charge in [0.2, 0.25) is 5.91 Å². The van der Waals surface area contributed by atoms with Crippen molar-refractivity contribution in [2.45, 2.75) is 45.1 Å². The molecule has 1 aromatic heterocycles. The highest BCUT2D eigenvalue weighted by molar-refractivity contribution is 5.91. The number of benzene rings is 1. The van der Waals surface area contributed by atoms with Crippen molar-refractivity contribution in [3.05, 3.63) is 36.4 Å². The molecular weight excluding hydrogens is 414 g/mol. The molecule has 5 rings (SSSR count). The number of aromatic nitrogens is 2. The molecule has 0 radical (unpaired) electrons. The number of anilines is 2. The van der Waals surface area contributed by atoms with E-state index in [-0.39, 0.29) is 11.8 Å². The van der Waals surface area contributed by atoms with Gasteiger partial charge in [-0.3, -0.25) is 4.79 Å². The first kappa shape index (κ1) is 19.9. The molecule has 2 N–H and O–H groups in total. The van der Waals surface area contributed by atoms with Crippen LogP contribution in [-0.2, 0) is 9.53 Å². The van der Waals surface area contributed by atoms with E-state index in [1.54, 1.807) is 0 Å². The second-order valence-corrected chi connectivity index (χ2v) is 9.54. The summed E-state index contributed by atoms with van der Waals surface area (Å²) in [6.07, 6.45) is 4.14. The van der Waals surface area contributed by atoms with Crippen molar-refractivity contribution in [2.24, 2.45) is 17.8 Å². The molecule has 2 saturated heterocycles. The van der Waals surface area contributed by atoms with Crippen molar-refractivity contribution < 1.29 is 12.3 Å². The molecular formula is C26H35N5O2. The minimum absolute atomic E-state index is 0.0167. The summed E-state index contributed by atoms with van der Waals surface area (Å²) in [4.78, 5) is 13.8. The number of carbonyl (C=O) groups is 1. The first-order chi connectivity index (χ1) is 16.9. The van der Waals surface area contributed by atoms with Crippen molar-refractivity contribution in [3.8, 4) is 11.3 Å². The highest BCUT2D eigenvalue weighted by Crippen LogP contribution is 2.39. The van der Waals surface area contributed by atoms with Crippen LogP contribution in [0.3, 0.4) is 0 Å². The lowest BCUT2D eigenvalue weighted by Crippen LogP contribution is -2.32. The number of hydrogen-bond acceptors (Lipinski definition) is 6. The summed E-state index contributed by atoms with van der Waals surface area (Å²) in [6, 6.07) is 11.9. The first-order valence-electron chi connectivity index (χ1n) is 13.3. The number of fused-ring (bicyclic) bond motifs is 1. The van der Waals surface area contributed by atoms with Crippen molar-refractivity contribution in [3.63, 3.8) is 0 Å². The lowest BCUT2D eigenvalue weighted by molar-refractivity contribution is -0.115. The predicted molar refractivity (Wildman–Crippen MR) is 130 cm³/mol. The van der Waals surface area contributed by atoms with Gasteiger partial charge in [-0.2, -0.15) is 0 Å². The summed E-state index contributed by atoms with van der Waals surface area (Å²) in [5.41, 5.74) is 2.43. The van der Waals surface area contributed by atoms with Crippen LogP contribution >= 0.6 is 0 Å². The molecule has 0 spiro atoms. The van der Waals surface area contributed by atoms with E-state index in [1.165, 1.54) is 0 Å². The van der Waals surface area contributed by atoms with Gasteiger partial charge in [0.25, 0.3) is 0 Å². The molecule has 1 unspecified atom stereocenters. The Bertz CT molecular complexity index is 1010. The highest BCUT2D eigenvalue weighted by Gasteiger charge is 2.41. The number of likely N-dealkylation sites (tertiary alicyclic amines) is 1. The molecule has 1 aliphatic carbocycles. The Hall–Kier alpha value is -2.51. The van der Waals surface area contributed by atoms with Crippen LogP contribution in [0.4, 0.5) is 11.5 Å². The average molecular weight is 452 g/mol. The number of ether oxygens (including phenoxy) is 1. The topological polar surface area (TPSA) is 79.4 Å². The fraction of sp³-hybridized carbons (Fsp3) is 0.577. The quantitative estimate of drug-likeness (QED) is 0.661. The van der Waals surface area contributed by atoms with E-state index in [9.17, 15) is 4.79 Å². The molecule has 1 amide bonds. The number of nitrogens with one attached hydrogen (secondary N) is 2. The molecule has 3 aliphatic rings. The van der Waals surface area contributed by atoms with Crippen LogP contribution in [0.1, 0.15) is 41.8 Å². The van der Waals surface area contributed by atoms with Crippen LogP contribution in [0, 0.1) is 17.8 Å². The SMILES string of the molecule is [2H]C([2H])(C1CCOCC1)N1C[C@H]2CC(Nc3ccc(-c4cccc(NC(=O)CC)c4)nn3)C[C@H]2C1. The molecule has 7 nitrogen and oxygen atoms in total. The second-order valence-electron chi connectivity index (χ2n) is 9.54. The zero-order valence-corrected chi connectivity index (χ0v) is 19.3. The number of amides is 1. The van der Waals surface area contributed by atoms with E-state index in [2.05, 4.69) is 25.7 Å². The molecule has 3 fully saturated rings. The van der Waals surface area contributed by atoms with E-state index >= 15 is 0 Å². The lowest BCUT2D eigenvalue weighted by atomic mass is 10.00. The van der Waals surface area contributed by atoms with Crippen molar-refractivity contribution >= 4 is 17.4 Å². The highest BCUT2D eigenvalue weighted by atomic mass is 16.5. The smallest absolute Gasteiger partial charge is 0.224 e. The zero-order valence-electron chi connectivity index (χ0n) is 21.3. The standard InChI is InChI=1S/C26H35N5O2/c1-2-26(32)28-22-5-3-4-19(12-22)24-6-7-25(30-29-24)27-23-13-20-16-31(17-21(20)14-23)15-18-8-10-33-11-9-18/h3-7,12,18,20-21,23H,2,8-11,13-17H2,1H3,(H,27,30)(H,28,32)/t20-,21+,23?/i15D2. The lowest BCUT2D eigenvalue weighted by Gasteiger charge is -2.27. The van der Waals surface area contributed by atoms with Crippen LogP contribution in [0.25, 0.3) is 11.3 Å². The maximum absolute atomic E-state index is 11.7. The Labute approximate surface area is 199 Å². The van der Waals surface area contributed by atoms with E-state index in [0.29, 0.717) is 37.5 Å². The Morgan fingerprint density at radius 2 is 1.94 bits per heavy atom. The van der Waals surface area contributed by atoms with Gasteiger partial charge in [0.05, 0.1) is 5.69 Å². The predicted octanol–water partition coefficient (Wildman–Crippen LogP) is 4.04. The molecule has 176 valence electrons. The summed E-state index contributed by atoms with van der Waals surface area (Å²) in [6.45, 7) is 3.62. The number of hydrogen-bond donors (Lipinski definition) is 2. The van der Waals surface area contributed by atoms with Crippen molar-refractivity contribution in [2.75, 3.05) is 43.4 Å². The van der Waals surface area contributed by atoms with Crippen LogP contribution in [-0.4, -0.2) is 59.8 Å². The Kier molecular flexibility index (Phi) is 6.14. The largest absolute Gasteiger partial charge is 0.381 e. The van der Waals surface area contributed by atoms with E-state index in [4.69, 9.17) is 7.48 Å². The maximum Gasteiger partial charge on any atom is 0.224 e. The molecule has 1 saturated carbocycles. The first-order valence-corrected chi connectivity index (χ1v) is 12.3. The Morgan fingerprint density at radius 3 is 2.64 bits per heavy atom. The van der Waals surface area contributed by atoms with Gasteiger partial charge in [-0.05, 0) is 67.7 Å². The minimum atomic E-state index is -1.24. The van der Waals surface area contributed by atoms with Gasteiger partial charge in [0.15, 0.2) is 0 Å². The molecule has 2 aliphatic heterocycles. The average Bonchev–Trinajstić information content (AvgIpc) is 3.44. The zero-order chi connectivity index (χ0) is 24.4. The summed E-state index contributed by atoms with van der Waals surface area (Å²) in [7, 11) is 0. The molecule has 1 aromatic carbocycles. The van der Waals surface area contributed by atoms with Gasteiger partial charge in [-0.25, -0.2) is 0 Å². The van der Waals surface area contributed by atoms with Gasteiger partial charge >= 0.3 is 0 Å². The third-order valence-electron chi connectivity index (χ3n) is 7.12. The van der Waals surface area contributed by atoms with Crippen LogP contribution in [0.5, 0.6) is 0 Å². The summed E-state index contributed by atoms with van der Waals surface area (Å²) in [5.74, 6) is 1.87. The molecule has 3 atom stereocenters. The van der Waals surface area contributed by atoms with Gasteiger partial charge < -0.3 is 20.3 Å². The summed E-state index contributed by atoms with van der Waals surface area (Å²) >= 11 is 0. The third kappa shape index (κ3) is 5.53. The maximum atomic E-state index is 11.7. The fourth-order valence-corrected chi connectivity index (χ4v) is 5.39. The van der Waals surface area contributed by atoms with Gasteiger partial charge in [-0.15, -0.1) is 10.2 Å². The van der Waals surface area contributed by atoms with E-state index in [0.717, 1.165) is 61.5 Å². The monoisotopic (exact) mass is 451 g/mol. The minimum Gasteiger partial charge on any atom is -0.381 e. The Balaban J connectivity index is 1.15. The summed E-state index contributed by atoms with van der Waals surface area (Å²) < 4.78 is 23.0. The number of rotatable bonds is 7. The van der Waals surface area contributed by atoms with Crippen molar-refractivity contribution in [1.29, 1.82) is 0 Å². The van der Waals surface area contributed by atoms with Gasteiger partial charge in [0, 0.05) is 59.3 Å². The fourth-order valence-electron chi connectivity index (χ4n) is 5.39. The molecule has 2 aromatic rings. The summed E-state index contributed by atoms with van der Waals surface area (Å²) in [5, 5.41) is 15.2. The third-order valence-corrected chi connectivity index (χ3v) is 7.12. The van der Waals surface area contributed by atoms with Gasteiger partial charge in [-0.1, -0.05) is 19.1 Å². The van der Waals surface area contributed by atoms with E-state index < -0.39 is 6.50 Å². The number of carbonyl (C=O) groups excluding carboxylic acids is 1. The molecule has 0 bridgehead atoms.